The summed E-state index contributed by atoms with van der Waals surface area (Å²) in [5, 5.41) is 11.2. The van der Waals surface area contributed by atoms with E-state index in [1.165, 1.54) is 4.90 Å². The quantitative estimate of drug-likeness (QED) is 0.863. The van der Waals surface area contributed by atoms with Crippen molar-refractivity contribution in [2.24, 2.45) is 5.41 Å². The first-order chi connectivity index (χ1) is 8.45. The molecule has 0 bridgehead atoms. The fourth-order valence-electron chi connectivity index (χ4n) is 2.16. The van der Waals surface area contributed by atoms with Crippen LogP contribution < -0.4 is 0 Å². The van der Waals surface area contributed by atoms with Gasteiger partial charge in [-0.25, -0.2) is 0 Å². The summed E-state index contributed by atoms with van der Waals surface area (Å²) in [6, 6.07) is 1.95. The van der Waals surface area contributed by atoms with Crippen molar-refractivity contribution >= 4 is 39.1 Å². The summed E-state index contributed by atoms with van der Waals surface area (Å²) in [5.41, 5.74) is -1.16. The molecule has 4 nitrogen and oxygen atoms in total. The molecule has 6 heteroatoms. The Labute approximate surface area is 118 Å². The number of carboxylic acids is 1. The highest BCUT2D eigenvalue weighted by molar-refractivity contribution is 9.10. The van der Waals surface area contributed by atoms with Crippen molar-refractivity contribution in [3.8, 4) is 0 Å². The van der Waals surface area contributed by atoms with Crippen LogP contribution in [0.25, 0.3) is 0 Å². The van der Waals surface area contributed by atoms with Gasteiger partial charge in [0, 0.05) is 21.8 Å². The molecule has 1 aromatic heterocycles. The molecular weight excluding hydrogens is 318 g/mol. The van der Waals surface area contributed by atoms with Crippen LogP contribution in [0, 0.1) is 5.41 Å². The Kier molecular flexibility index (Phi) is 3.77. The molecule has 0 aromatic carbocycles. The molecule has 0 unspecified atom stereocenters. The Morgan fingerprint density at radius 3 is 2.61 bits per heavy atom. The molecule has 0 atom stereocenters. The van der Waals surface area contributed by atoms with Crippen LogP contribution in [0.5, 0.6) is 0 Å². The lowest BCUT2D eigenvalue weighted by molar-refractivity contribution is -0.167. The number of halogens is 1. The predicted octanol–water partition coefficient (Wildman–Crippen LogP) is 2.72. The lowest BCUT2D eigenvalue weighted by Gasteiger charge is -2.38. The number of thiophene rings is 1. The van der Waals surface area contributed by atoms with E-state index in [4.69, 9.17) is 0 Å². The monoisotopic (exact) mass is 331 g/mol. The van der Waals surface area contributed by atoms with Gasteiger partial charge in [0.05, 0.1) is 6.54 Å². The van der Waals surface area contributed by atoms with Gasteiger partial charge < -0.3 is 10.0 Å². The Balaban J connectivity index is 2.07. The van der Waals surface area contributed by atoms with Crippen LogP contribution >= 0.6 is 27.3 Å². The summed E-state index contributed by atoms with van der Waals surface area (Å²) < 4.78 is 0.986. The van der Waals surface area contributed by atoms with Crippen molar-refractivity contribution in [1.29, 1.82) is 0 Å². The fourth-order valence-corrected chi connectivity index (χ4v) is 3.66. The molecule has 1 fully saturated rings. The summed E-state index contributed by atoms with van der Waals surface area (Å²) in [6.45, 7) is 0.462. The molecule has 0 saturated heterocycles. The minimum Gasteiger partial charge on any atom is -0.480 e. The molecule has 1 amide bonds. The first-order valence-corrected chi connectivity index (χ1v) is 7.35. The van der Waals surface area contributed by atoms with Crippen molar-refractivity contribution in [3.05, 3.63) is 20.8 Å². The van der Waals surface area contributed by atoms with Crippen LogP contribution in [0.3, 0.4) is 0 Å². The predicted molar refractivity (Wildman–Crippen MR) is 72.4 cm³/mol. The molecule has 18 heavy (non-hydrogen) atoms. The summed E-state index contributed by atoms with van der Waals surface area (Å²) in [5.74, 6) is -1.26. The second-order valence-corrected chi connectivity index (χ2v) is 6.54. The zero-order valence-corrected chi connectivity index (χ0v) is 12.4. The number of hydrogen-bond acceptors (Lipinski definition) is 3. The van der Waals surface area contributed by atoms with Crippen molar-refractivity contribution in [3.63, 3.8) is 0 Å². The summed E-state index contributed by atoms with van der Waals surface area (Å²) in [4.78, 5) is 26.1. The lowest BCUT2D eigenvalue weighted by atomic mass is 9.68. The van der Waals surface area contributed by atoms with Gasteiger partial charge in [0.2, 0.25) is 5.91 Å². The van der Waals surface area contributed by atoms with Gasteiger partial charge in [0.25, 0.3) is 0 Å². The third-order valence-electron chi connectivity index (χ3n) is 3.39. The highest BCUT2D eigenvalue weighted by Crippen LogP contribution is 2.42. The average Bonchev–Trinajstić information content (AvgIpc) is 2.61. The van der Waals surface area contributed by atoms with Crippen LogP contribution in [0.1, 0.15) is 24.1 Å². The second-order valence-electron chi connectivity index (χ2n) is 4.63. The number of rotatable bonds is 4. The van der Waals surface area contributed by atoms with Crippen molar-refractivity contribution in [1.82, 2.24) is 4.90 Å². The number of hydrogen-bond donors (Lipinski definition) is 1. The minimum atomic E-state index is -1.16. The fraction of sp³-hybridized carbons (Fsp3) is 0.500. The molecule has 1 saturated carbocycles. The maximum Gasteiger partial charge on any atom is 0.319 e. The van der Waals surface area contributed by atoms with E-state index in [1.54, 1.807) is 18.4 Å². The smallest absolute Gasteiger partial charge is 0.319 e. The molecule has 1 aliphatic carbocycles. The molecule has 0 radical (unpaired) electrons. The maximum absolute atomic E-state index is 12.2. The van der Waals surface area contributed by atoms with Gasteiger partial charge in [-0.2, -0.15) is 0 Å². The van der Waals surface area contributed by atoms with Gasteiger partial charge >= 0.3 is 5.97 Å². The molecular formula is C12H14BrNO3S. The van der Waals surface area contributed by atoms with E-state index in [1.807, 2.05) is 11.4 Å². The molecule has 1 N–H and O–H groups in total. The van der Waals surface area contributed by atoms with E-state index >= 15 is 0 Å². The van der Waals surface area contributed by atoms with Crippen molar-refractivity contribution in [2.75, 3.05) is 7.05 Å². The third-order valence-corrected chi connectivity index (χ3v) is 5.07. The molecule has 1 aromatic rings. The van der Waals surface area contributed by atoms with Gasteiger partial charge in [0.1, 0.15) is 5.41 Å². The van der Waals surface area contributed by atoms with Gasteiger partial charge in [-0.15, -0.1) is 11.3 Å². The van der Waals surface area contributed by atoms with Gasteiger partial charge in [-0.1, -0.05) is 6.42 Å². The molecule has 2 rings (SSSR count). The first kappa shape index (κ1) is 13.5. The average molecular weight is 332 g/mol. The first-order valence-electron chi connectivity index (χ1n) is 5.67. The van der Waals surface area contributed by atoms with E-state index in [9.17, 15) is 14.7 Å². The number of aliphatic carboxylic acids is 1. The zero-order valence-electron chi connectivity index (χ0n) is 9.98. The molecule has 1 aliphatic rings. The molecule has 0 aliphatic heterocycles. The number of carboxylic acid groups (broad SMARTS) is 1. The normalized spacial score (nSPS) is 17.0. The summed E-state index contributed by atoms with van der Waals surface area (Å²) >= 11 is 4.91. The van der Waals surface area contributed by atoms with Crippen LogP contribution in [0.2, 0.25) is 0 Å². The Bertz CT molecular complexity index is 481. The largest absolute Gasteiger partial charge is 0.480 e. The van der Waals surface area contributed by atoms with Crippen LogP contribution in [-0.4, -0.2) is 28.9 Å². The summed E-state index contributed by atoms with van der Waals surface area (Å²) in [7, 11) is 1.67. The van der Waals surface area contributed by atoms with Gasteiger partial charge in [-0.3, -0.25) is 9.59 Å². The number of carbonyl (C=O) groups is 2. The van der Waals surface area contributed by atoms with Crippen LogP contribution in [0.15, 0.2) is 15.9 Å². The van der Waals surface area contributed by atoms with Gasteiger partial charge in [0.15, 0.2) is 0 Å². The van der Waals surface area contributed by atoms with Crippen molar-refractivity contribution < 1.29 is 14.7 Å². The Hall–Kier alpha value is -0.880. The zero-order chi connectivity index (χ0) is 13.3. The summed E-state index contributed by atoms with van der Waals surface area (Å²) in [6.07, 6.45) is 1.73. The lowest BCUT2D eigenvalue weighted by Crippen LogP contribution is -2.51. The molecule has 0 spiro atoms. The highest BCUT2D eigenvalue weighted by atomic mass is 79.9. The standard InChI is InChI=1S/C12H14BrNO3S/c1-14(6-9-5-8(13)7-18-9)10(15)12(11(16)17)3-2-4-12/h5,7H,2-4,6H2,1H3,(H,16,17). The van der Waals surface area contributed by atoms with Crippen molar-refractivity contribution in [2.45, 2.75) is 25.8 Å². The third kappa shape index (κ3) is 2.31. The Morgan fingerprint density at radius 2 is 2.22 bits per heavy atom. The van der Waals surface area contributed by atoms with Crippen LogP contribution in [0.4, 0.5) is 0 Å². The van der Waals surface area contributed by atoms with E-state index in [0.717, 1.165) is 15.8 Å². The SMILES string of the molecule is CN(Cc1cc(Br)cs1)C(=O)C1(C(=O)O)CCC1. The molecule has 1 heterocycles. The van der Waals surface area contributed by atoms with E-state index in [2.05, 4.69) is 15.9 Å². The number of carbonyl (C=O) groups excluding carboxylic acids is 1. The van der Waals surface area contributed by atoms with E-state index in [-0.39, 0.29) is 5.91 Å². The Morgan fingerprint density at radius 1 is 1.56 bits per heavy atom. The van der Waals surface area contributed by atoms with E-state index < -0.39 is 11.4 Å². The van der Waals surface area contributed by atoms with Gasteiger partial charge in [-0.05, 0) is 34.8 Å². The minimum absolute atomic E-state index is 0.272. The maximum atomic E-state index is 12.2. The van der Waals surface area contributed by atoms with Crippen LogP contribution in [-0.2, 0) is 16.1 Å². The molecule has 98 valence electrons. The second kappa shape index (κ2) is 5.01. The van der Waals surface area contributed by atoms with E-state index in [0.29, 0.717) is 19.4 Å². The number of nitrogens with zero attached hydrogens (tertiary/aromatic N) is 1. The highest BCUT2D eigenvalue weighted by Gasteiger charge is 2.52. The number of amides is 1. The topological polar surface area (TPSA) is 57.6 Å².